The van der Waals surface area contributed by atoms with Crippen molar-refractivity contribution in [2.75, 3.05) is 39.6 Å². The van der Waals surface area contributed by atoms with Crippen LogP contribution in [-0.2, 0) is 82.0 Å². The Morgan fingerprint density at radius 2 is 0.810 bits per heavy atom. The minimum atomic E-state index is -5.20. The molecule has 1 aromatic rings. The number of phosphoric acid groups is 2. The molecule has 23 heteroatoms. The molecule has 0 saturated heterocycles. The number of fused-ring (bicyclic) bond motifs is 3. The summed E-state index contributed by atoms with van der Waals surface area (Å²) >= 11 is 0. The van der Waals surface area contributed by atoms with Gasteiger partial charge in [-0.05, 0) is 85.3 Å². The van der Waals surface area contributed by atoms with E-state index in [-0.39, 0.29) is 102 Å². The van der Waals surface area contributed by atoms with E-state index in [1.165, 1.54) is 126 Å². The summed E-state index contributed by atoms with van der Waals surface area (Å²) in [6.45, 7) is 13.3. The average Bonchev–Trinajstić information content (AvgIpc) is 0.726. The molecule has 2 aliphatic rings. The fraction of sp³-hybridized carbons (Fsp3) is 0.857. The maximum atomic E-state index is 12.8. The first-order chi connectivity index (χ1) is 46.9. The number of carbonyl (C=O) groups is 5. The quantitative estimate of drug-likeness (QED) is 0.0201. The van der Waals surface area contributed by atoms with Crippen molar-refractivity contribution < 1.29 is 144 Å². The fourth-order valence-electron chi connectivity index (χ4n) is 13.5. The van der Waals surface area contributed by atoms with E-state index in [1.807, 2.05) is 0 Å². The molecule has 0 bridgehead atoms. The predicted molar refractivity (Wildman–Crippen MR) is 385 cm³/mol. The molecular weight excluding hydrogens is 1330 g/mol. The molecule has 1 aromatic carbocycles. The first-order valence-corrected chi connectivity index (χ1v) is 41.9. The van der Waals surface area contributed by atoms with Gasteiger partial charge < -0.3 is 57.7 Å². The SMILES string of the molecule is CC(C)c1ccc2c(c1)CCC1C(C)(C(N)=O)CCCC21C.CCCCCCCCCCCC(=O)OCC(COP(=O)([O-])OCC(O)COP(=O)([O-])OCC(COC(=O)CCCCCCCCCCC)OC(=O)CCCCCCCCCCC)OC(=O)CCCCCCCCCCC.[Na+].[Na+]. The standard InChI is InChI=1S/C57H110O17P2.C20H29NO.2Na/c1-5-9-13-17-21-25-29-33-37-41-54(59)67-47-52(73-56(61)43-39-35-31-27-23-19-15-11-7-3)49-71-75(63,64)69-45-51(58)46-70-76(65,66)72-50-53(74-57(62)44-40-36-32-28-24-20-16-12-8-4)48-68-55(60)42-38-34-30-26-22-18-14-10-6-2;1-13(2)14-6-8-16-15(12-14)7-9-17-19(16,3)10-5-11-20(17,4)18(21)22;;/h51-53,58H,5-50H2,1-4H3,(H,63,64)(H,65,66);6,8,12-13,17H,5,7,9-11H2,1-4H3,(H2,21,22);;/q;;2*+1/p-2. The normalized spacial score (nSPS) is 18.4. The van der Waals surface area contributed by atoms with Crippen LogP contribution in [0.3, 0.4) is 0 Å². The third kappa shape index (κ3) is 46.1. The summed E-state index contributed by atoms with van der Waals surface area (Å²) in [5, 5.41) is 10.4. The molecule has 1 fully saturated rings. The van der Waals surface area contributed by atoms with Crippen molar-refractivity contribution in [2.24, 2.45) is 17.1 Å². The number of aliphatic hydroxyl groups excluding tert-OH is 1. The monoisotopic (exact) mass is 1470 g/mol. The van der Waals surface area contributed by atoms with E-state index in [2.05, 4.69) is 73.6 Å². The van der Waals surface area contributed by atoms with Crippen LogP contribution in [0.1, 0.15) is 361 Å². The Hall–Kier alpha value is -1.25. The van der Waals surface area contributed by atoms with Crippen LogP contribution in [0.15, 0.2) is 18.2 Å². The van der Waals surface area contributed by atoms with Crippen LogP contribution in [-0.4, -0.2) is 92.8 Å². The van der Waals surface area contributed by atoms with Gasteiger partial charge in [0.15, 0.2) is 12.2 Å². The van der Waals surface area contributed by atoms with Crippen LogP contribution in [0.2, 0.25) is 0 Å². The molecule has 100 heavy (non-hydrogen) atoms. The molecule has 1 saturated carbocycles. The molecule has 0 aromatic heterocycles. The molecule has 0 heterocycles. The van der Waals surface area contributed by atoms with Gasteiger partial charge in [0.25, 0.3) is 15.6 Å². The summed E-state index contributed by atoms with van der Waals surface area (Å²) in [7, 11) is -10.4. The van der Waals surface area contributed by atoms with Gasteiger partial charge in [0.2, 0.25) is 5.91 Å². The van der Waals surface area contributed by atoms with Crippen molar-refractivity contribution >= 4 is 45.4 Å². The first kappa shape index (κ1) is 98.8. The van der Waals surface area contributed by atoms with E-state index in [0.717, 1.165) is 128 Å². The number of rotatable bonds is 60. The number of aryl methyl sites for hydroxylation is 1. The van der Waals surface area contributed by atoms with Gasteiger partial charge in [-0.3, -0.25) is 33.1 Å². The number of esters is 4. The molecule has 1 amide bonds. The van der Waals surface area contributed by atoms with Crippen LogP contribution < -0.4 is 74.6 Å². The summed E-state index contributed by atoms with van der Waals surface area (Å²) in [5.41, 5.74) is 9.97. The summed E-state index contributed by atoms with van der Waals surface area (Å²) < 4.78 is 66.7. The number of aliphatic hydroxyl groups is 1. The minimum absolute atomic E-state index is 0. The zero-order chi connectivity index (χ0) is 72.3. The summed E-state index contributed by atoms with van der Waals surface area (Å²) in [5.74, 6) is -1.40. The summed E-state index contributed by atoms with van der Waals surface area (Å²) in [6.07, 6.45) is 39.6. The second-order valence-corrected chi connectivity index (χ2v) is 31.7. The maximum Gasteiger partial charge on any atom is 1.00 e. The number of hydrogen-bond acceptors (Lipinski definition) is 18. The number of hydrogen-bond donors (Lipinski definition) is 2. The van der Waals surface area contributed by atoms with E-state index in [4.69, 9.17) is 42.8 Å². The number of ether oxygens (including phenoxy) is 4. The van der Waals surface area contributed by atoms with Crippen molar-refractivity contribution in [3.8, 4) is 0 Å². The van der Waals surface area contributed by atoms with Gasteiger partial charge in [0.1, 0.15) is 19.3 Å². The van der Waals surface area contributed by atoms with Gasteiger partial charge in [-0.25, -0.2) is 0 Å². The van der Waals surface area contributed by atoms with Gasteiger partial charge in [-0.15, -0.1) is 0 Å². The summed E-state index contributed by atoms with van der Waals surface area (Å²) in [4.78, 5) is 88.4. The predicted octanol–water partition coefficient (Wildman–Crippen LogP) is 12.3. The number of nitrogens with two attached hydrogens (primary N) is 1. The van der Waals surface area contributed by atoms with E-state index in [1.54, 1.807) is 0 Å². The fourth-order valence-corrected chi connectivity index (χ4v) is 15.1. The average molecular weight is 1470 g/mol. The van der Waals surface area contributed by atoms with Crippen LogP contribution in [0.4, 0.5) is 0 Å². The first-order valence-electron chi connectivity index (χ1n) is 39.0. The molecule has 2 aliphatic carbocycles. The summed E-state index contributed by atoms with van der Waals surface area (Å²) in [6, 6.07) is 7.02. The Kier molecular flexibility index (Phi) is 59.0. The van der Waals surface area contributed by atoms with Crippen molar-refractivity contribution in [2.45, 2.75) is 374 Å². The Morgan fingerprint density at radius 1 is 0.490 bits per heavy atom. The molecule has 0 radical (unpaired) electrons. The van der Waals surface area contributed by atoms with Crippen molar-refractivity contribution in [3.63, 3.8) is 0 Å². The second-order valence-electron chi connectivity index (χ2n) is 28.9. The molecule has 0 spiro atoms. The number of unbranched alkanes of at least 4 members (excludes halogenated alkanes) is 32. The van der Waals surface area contributed by atoms with Gasteiger partial charge in [-0.1, -0.05) is 285 Å². The van der Waals surface area contributed by atoms with E-state index < -0.39 is 97.5 Å². The maximum absolute atomic E-state index is 12.8. The topological polar surface area (TPSA) is 286 Å². The molecule has 19 nitrogen and oxygen atoms in total. The van der Waals surface area contributed by atoms with Gasteiger partial charge in [0.05, 0.1) is 26.4 Å². The third-order valence-electron chi connectivity index (χ3n) is 19.7. The molecule has 7 unspecified atom stereocenters. The van der Waals surface area contributed by atoms with Crippen molar-refractivity contribution in [1.29, 1.82) is 0 Å². The van der Waals surface area contributed by atoms with E-state index >= 15 is 0 Å². The zero-order valence-corrected chi connectivity index (χ0v) is 70.3. The number of benzene rings is 1. The largest absolute Gasteiger partial charge is 1.00 e. The third-order valence-corrected chi connectivity index (χ3v) is 21.5. The van der Waals surface area contributed by atoms with Crippen LogP contribution in [0.5, 0.6) is 0 Å². The Labute approximate surface area is 650 Å². The number of phosphoric ester groups is 2. The van der Waals surface area contributed by atoms with Gasteiger partial charge >= 0.3 is 83.0 Å². The Morgan fingerprint density at radius 3 is 1.14 bits per heavy atom. The molecule has 3 rings (SSSR count). The second kappa shape index (κ2) is 59.7. The molecular formula is C77H137NNa2O18P2. The Balaban J connectivity index is 0.00000340. The van der Waals surface area contributed by atoms with Gasteiger partial charge in [-0.2, -0.15) is 0 Å². The van der Waals surface area contributed by atoms with Crippen LogP contribution in [0.25, 0.3) is 0 Å². The zero-order valence-electron chi connectivity index (χ0n) is 64.5. The number of amides is 1. The number of primary amides is 1. The molecule has 7 atom stereocenters. The van der Waals surface area contributed by atoms with Crippen LogP contribution >= 0.6 is 15.6 Å². The molecule has 570 valence electrons. The minimum Gasteiger partial charge on any atom is -0.756 e. The van der Waals surface area contributed by atoms with Crippen molar-refractivity contribution in [1.82, 2.24) is 0 Å². The van der Waals surface area contributed by atoms with E-state index in [0.29, 0.717) is 37.5 Å². The smallest absolute Gasteiger partial charge is 0.756 e. The molecule has 0 aliphatic heterocycles. The molecule has 3 N–H and O–H groups in total. The number of carbonyl (C=O) groups excluding carboxylic acids is 5. The van der Waals surface area contributed by atoms with Crippen molar-refractivity contribution in [3.05, 3.63) is 34.9 Å². The van der Waals surface area contributed by atoms with Crippen LogP contribution in [0, 0.1) is 11.3 Å². The van der Waals surface area contributed by atoms with Gasteiger partial charge in [0, 0.05) is 31.1 Å². The van der Waals surface area contributed by atoms with E-state index in [9.17, 15) is 48.0 Å². The Bertz CT molecular complexity index is 2300.